The van der Waals surface area contributed by atoms with E-state index in [0.29, 0.717) is 6.42 Å². The average Bonchev–Trinajstić information content (AvgIpc) is 2.93. The molecule has 1 aromatic rings. The Balaban J connectivity index is 2.35. The molecule has 1 heterocycles. The summed E-state index contributed by atoms with van der Waals surface area (Å²) in [5.74, 6) is -0.472. The predicted molar refractivity (Wildman–Crippen MR) is 59.6 cm³/mol. The van der Waals surface area contributed by atoms with Crippen molar-refractivity contribution in [3.8, 4) is 0 Å². The van der Waals surface area contributed by atoms with Crippen LogP contribution in [-0.4, -0.2) is 39.3 Å². The van der Waals surface area contributed by atoms with Crippen LogP contribution in [-0.2, 0) is 11.2 Å². The normalized spacial score (nSPS) is 23.9. The summed E-state index contributed by atoms with van der Waals surface area (Å²) in [4.78, 5) is 11.5. The molecule has 0 aromatic carbocycles. The predicted octanol–water partition coefficient (Wildman–Crippen LogP) is 0.713. The lowest BCUT2D eigenvalue weighted by Gasteiger charge is -2.16. The highest BCUT2D eigenvalue weighted by molar-refractivity contribution is 5.88. The fraction of sp³-hybridized carbons (Fsp3) is 0.727. The van der Waals surface area contributed by atoms with E-state index in [2.05, 4.69) is 15.0 Å². The van der Waals surface area contributed by atoms with Crippen molar-refractivity contribution in [3.63, 3.8) is 0 Å². The van der Waals surface area contributed by atoms with Crippen LogP contribution in [0.2, 0.25) is 0 Å². The second-order valence-electron chi connectivity index (χ2n) is 4.24. The summed E-state index contributed by atoms with van der Waals surface area (Å²) < 4.78 is 6.35. The number of hydrogen-bond donors (Lipinski definition) is 1. The zero-order valence-electron chi connectivity index (χ0n) is 10.1. The fourth-order valence-corrected chi connectivity index (χ4v) is 2.37. The van der Waals surface area contributed by atoms with Gasteiger partial charge < -0.3 is 9.84 Å². The van der Waals surface area contributed by atoms with Crippen LogP contribution in [0.25, 0.3) is 0 Å². The maximum Gasteiger partial charge on any atom is 0.360 e. The summed E-state index contributed by atoms with van der Waals surface area (Å²) in [6, 6.07) is -0.0594. The van der Waals surface area contributed by atoms with Crippen molar-refractivity contribution in [3.05, 3.63) is 11.4 Å². The minimum Gasteiger partial charge on any atom is -0.464 e. The van der Waals surface area contributed by atoms with Crippen LogP contribution in [0, 0.1) is 0 Å². The lowest BCUT2D eigenvalue weighted by Crippen LogP contribution is -2.21. The number of hydrogen-bond acceptors (Lipinski definition) is 5. The second-order valence-corrected chi connectivity index (χ2v) is 4.24. The maximum atomic E-state index is 11.5. The van der Waals surface area contributed by atoms with Gasteiger partial charge in [-0.25, -0.2) is 9.48 Å². The Bertz CT molecular complexity index is 416. The number of aromatic nitrogens is 3. The lowest BCUT2D eigenvalue weighted by atomic mass is 10.2. The molecule has 6 nitrogen and oxygen atoms in total. The number of carbonyl (C=O) groups excluding carboxylic acids is 1. The first-order valence-electron chi connectivity index (χ1n) is 5.89. The van der Waals surface area contributed by atoms with E-state index in [1.165, 1.54) is 7.11 Å². The first-order chi connectivity index (χ1) is 8.19. The Labute approximate surface area is 99.6 Å². The average molecular weight is 239 g/mol. The number of rotatable bonds is 3. The molecule has 1 saturated carbocycles. The van der Waals surface area contributed by atoms with Crippen LogP contribution < -0.4 is 0 Å². The van der Waals surface area contributed by atoms with Crippen molar-refractivity contribution in [2.75, 3.05) is 7.11 Å². The Kier molecular flexibility index (Phi) is 3.42. The highest BCUT2D eigenvalue weighted by atomic mass is 16.5. The summed E-state index contributed by atoms with van der Waals surface area (Å²) >= 11 is 0. The standard InChI is InChI=1S/C11H17N3O3/c1-3-7-10(11(16)17-2)12-13-14(7)8-5-4-6-9(8)15/h8-9,15H,3-6H2,1-2H3. The Hall–Kier alpha value is -1.43. The summed E-state index contributed by atoms with van der Waals surface area (Å²) in [5.41, 5.74) is 0.997. The number of aliphatic hydroxyl groups excluding tert-OH is 1. The minimum absolute atomic E-state index is 0.0594. The minimum atomic E-state index is -0.472. The number of methoxy groups -OCH3 is 1. The third kappa shape index (κ3) is 2.04. The maximum absolute atomic E-state index is 11.5. The molecular weight excluding hydrogens is 222 g/mol. The summed E-state index contributed by atoms with van der Waals surface area (Å²) in [7, 11) is 1.32. The zero-order chi connectivity index (χ0) is 12.4. The van der Waals surface area contributed by atoms with E-state index in [0.717, 1.165) is 25.0 Å². The molecule has 94 valence electrons. The number of ether oxygens (including phenoxy) is 1. The number of esters is 1. The molecule has 6 heteroatoms. The molecule has 17 heavy (non-hydrogen) atoms. The van der Waals surface area contributed by atoms with Crippen molar-refractivity contribution in [2.24, 2.45) is 0 Å². The van der Waals surface area contributed by atoms with Gasteiger partial charge in [-0.05, 0) is 25.7 Å². The van der Waals surface area contributed by atoms with Gasteiger partial charge >= 0.3 is 5.97 Å². The molecule has 1 aliphatic carbocycles. The van der Waals surface area contributed by atoms with E-state index >= 15 is 0 Å². The fourth-order valence-electron chi connectivity index (χ4n) is 2.37. The Morgan fingerprint density at radius 1 is 1.59 bits per heavy atom. The highest BCUT2D eigenvalue weighted by Crippen LogP contribution is 2.31. The van der Waals surface area contributed by atoms with Crippen molar-refractivity contribution in [1.82, 2.24) is 15.0 Å². The van der Waals surface area contributed by atoms with Crippen LogP contribution in [0.15, 0.2) is 0 Å². The van der Waals surface area contributed by atoms with Gasteiger partial charge in [0.25, 0.3) is 0 Å². The van der Waals surface area contributed by atoms with Crippen molar-refractivity contribution in [2.45, 2.75) is 44.8 Å². The van der Waals surface area contributed by atoms with Crippen LogP contribution in [0.3, 0.4) is 0 Å². The van der Waals surface area contributed by atoms with Crippen LogP contribution in [0.5, 0.6) is 0 Å². The molecule has 0 aliphatic heterocycles. The monoisotopic (exact) mass is 239 g/mol. The molecular formula is C11H17N3O3. The van der Waals surface area contributed by atoms with E-state index in [9.17, 15) is 9.90 Å². The first kappa shape index (κ1) is 12.0. The van der Waals surface area contributed by atoms with Gasteiger partial charge in [0.05, 0.1) is 24.9 Å². The molecule has 1 aliphatic rings. The number of aliphatic hydroxyl groups is 1. The van der Waals surface area contributed by atoms with Crippen molar-refractivity contribution in [1.29, 1.82) is 0 Å². The quantitative estimate of drug-likeness (QED) is 0.786. The molecule has 0 bridgehead atoms. The van der Waals surface area contributed by atoms with Gasteiger partial charge in [0.1, 0.15) is 0 Å². The third-order valence-electron chi connectivity index (χ3n) is 3.26. The molecule has 0 amide bonds. The van der Waals surface area contributed by atoms with Gasteiger partial charge in [-0.1, -0.05) is 12.1 Å². The molecule has 1 N–H and O–H groups in total. The second kappa shape index (κ2) is 4.83. The van der Waals surface area contributed by atoms with E-state index in [4.69, 9.17) is 0 Å². The van der Waals surface area contributed by atoms with Gasteiger partial charge in [-0.15, -0.1) is 5.10 Å². The van der Waals surface area contributed by atoms with Gasteiger partial charge in [-0.3, -0.25) is 0 Å². The number of carbonyl (C=O) groups is 1. The largest absolute Gasteiger partial charge is 0.464 e. The molecule has 1 fully saturated rings. The van der Waals surface area contributed by atoms with Crippen LogP contribution in [0.4, 0.5) is 0 Å². The van der Waals surface area contributed by atoms with Crippen molar-refractivity contribution < 1.29 is 14.6 Å². The molecule has 0 spiro atoms. The van der Waals surface area contributed by atoms with E-state index < -0.39 is 12.1 Å². The summed E-state index contributed by atoms with van der Waals surface area (Å²) in [6.45, 7) is 1.93. The Morgan fingerprint density at radius 2 is 2.35 bits per heavy atom. The first-order valence-corrected chi connectivity index (χ1v) is 5.89. The summed E-state index contributed by atoms with van der Waals surface area (Å²) in [5, 5.41) is 17.7. The van der Waals surface area contributed by atoms with E-state index in [1.54, 1.807) is 4.68 Å². The van der Waals surface area contributed by atoms with Gasteiger partial charge in [0, 0.05) is 0 Å². The van der Waals surface area contributed by atoms with E-state index in [-0.39, 0.29) is 11.7 Å². The van der Waals surface area contributed by atoms with Gasteiger partial charge in [0.15, 0.2) is 5.69 Å². The SMILES string of the molecule is CCc1c(C(=O)OC)nnn1C1CCCC1O. The van der Waals surface area contributed by atoms with Gasteiger partial charge in [0.2, 0.25) is 0 Å². The molecule has 2 rings (SSSR count). The number of nitrogens with zero attached hydrogens (tertiary/aromatic N) is 3. The topological polar surface area (TPSA) is 77.2 Å². The zero-order valence-corrected chi connectivity index (χ0v) is 10.1. The Morgan fingerprint density at radius 3 is 2.88 bits per heavy atom. The lowest BCUT2D eigenvalue weighted by molar-refractivity contribution is 0.0592. The van der Waals surface area contributed by atoms with Gasteiger partial charge in [-0.2, -0.15) is 0 Å². The third-order valence-corrected chi connectivity index (χ3v) is 3.26. The molecule has 0 radical (unpaired) electrons. The molecule has 0 saturated heterocycles. The van der Waals surface area contributed by atoms with Crippen LogP contribution in [0.1, 0.15) is 48.4 Å². The smallest absolute Gasteiger partial charge is 0.360 e. The van der Waals surface area contributed by atoms with E-state index in [1.807, 2.05) is 6.92 Å². The highest BCUT2D eigenvalue weighted by Gasteiger charge is 2.31. The van der Waals surface area contributed by atoms with Crippen molar-refractivity contribution >= 4 is 5.97 Å². The van der Waals surface area contributed by atoms with Crippen LogP contribution >= 0.6 is 0 Å². The molecule has 1 aromatic heterocycles. The summed E-state index contributed by atoms with van der Waals surface area (Å²) in [6.07, 6.45) is 2.87. The molecule has 2 unspecified atom stereocenters. The molecule has 2 atom stereocenters.